The highest BCUT2D eigenvalue weighted by atomic mass is 15.3. The minimum Gasteiger partial charge on any atom is -0.312 e. The molecular weight excluding hydrogens is 246 g/mol. The highest BCUT2D eigenvalue weighted by Crippen LogP contribution is 2.24. The van der Waals surface area contributed by atoms with Gasteiger partial charge in [-0.3, -0.25) is 4.90 Å². The first-order chi connectivity index (χ1) is 9.50. The third-order valence-corrected chi connectivity index (χ3v) is 5.01. The van der Waals surface area contributed by atoms with E-state index in [9.17, 15) is 0 Å². The number of rotatable bonds is 5. The van der Waals surface area contributed by atoms with E-state index in [0.29, 0.717) is 11.5 Å². The molecule has 2 heterocycles. The average molecular weight is 281 g/mol. The second-order valence-corrected chi connectivity index (χ2v) is 7.82. The average Bonchev–Trinajstić information content (AvgIpc) is 2.72. The Kier molecular flexibility index (Phi) is 5.88. The van der Waals surface area contributed by atoms with E-state index in [1.165, 1.54) is 58.4 Å². The molecule has 3 heteroatoms. The summed E-state index contributed by atoms with van der Waals surface area (Å²) in [4.78, 5) is 5.46. The van der Waals surface area contributed by atoms with Gasteiger partial charge in [0, 0.05) is 25.2 Å². The van der Waals surface area contributed by atoms with Crippen LogP contribution in [0.1, 0.15) is 53.4 Å². The molecule has 0 aliphatic carbocycles. The lowest BCUT2D eigenvalue weighted by atomic mass is 9.86. The Bertz CT molecular complexity index is 284. The molecule has 2 atom stereocenters. The molecule has 20 heavy (non-hydrogen) atoms. The molecule has 0 saturated carbocycles. The second-order valence-electron chi connectivity index (χ2n) is 7.82. The van der Waals surface area contributed by atoms with Crippen molar-refractivity contribution in [2.24, 2.45) is 5.41 Å². The minimum absolute atomic E-state index is 0.344. The maximum atomic E-state index is 3.78. The first-order valence-electron chi connectivity index (χ1n) is 8.70. The van der Waals surface area contributed by atoms with Crippen LogP contribution < -0.4 is 5.32 Å². The summed E-state index contributed by atoms with van der Waals surface area (Å²) in [5.74, 6) is 0. The fraction of sp³-hybridized carbons (Fsp3) is 1.00. The molecule has 0 aromatic rings. The van der Waals surface area contributed by atoms with Gasteiger partial charge < -0.3 is 10.2 Å². The largest absolute Gasteiger partial charge is 0.312 e. The summed E-state index contributed by atoms with van der Waals surface area (Å²) in [5, 5.41) is 3.78. The molecule has 0 radical (unpaired) electrons. The van der Waals surface area contributed by atoms with Crippen LogP contribution in [0.25, 0.3) is 0 Å². The Labute approximate surface area is 126 Å². The molecule has 0 bridgehead atoms. The van der Waals surface area contributed by atoms with Crippen molar-refractivity contribution in [1.82, 2.24) is 15.1 Å². The highest BCUT2D eigenvalue weighted by molar-refractivity contribution is 4.89. The van der Waals surface area contributed by atoms with Crippen LogP contribution >= 0.6 is 0 Å². The molecule has 118 valence electrons. The first kappa shape index (κ1) is 16.3. The van der Waals surface area contributed by atoms with E-state index in [0.717, 1.165) is 12.6 Å². The molecular formula is C17H35N3. The molecule has 1 N–H and O–H groups in total. The van der Waals surface area contributed by atoms with Gasteiger partial charge in [0.15, 0.2) is 0 Å². The van der Waals surface area contributed by atoms with Crippen LogP contribution in [-0.2, 0) is 0 Å². The predicted octanol–water partition coefficient (Wildman–Crippen LogP) is 2.57. The number of hydrogen-bond acceptors (Lipinski definition) is 3. The summed E-state index contributed by atoms with van der Waals surface area (Å²) < 4.78 is 0. The predicted molar refractivity (Wildman–Crippen MR) is 87.2 cm³/mol. The fourth-order valence-corrected chi connectivity index (χ4v) is 3.67. The van der Waals surface area contributed by atoms with E-state index in [4.69, 9.17) is 0 Å². The smallest absolute Gasteiger partial charge is 0.0243 e. The normalized spacial score (nSPS) is 27.3. The Morgan fingerprint density at radius 2 is 1.90 bits per heavy atom. The van der Waals surface area contributed by atoms with Gasteiger partial charge in [-0.1, -0.05) is 27.7 Å². The molecule has 0 amide bonds. The van der Waals surface area contributed by atoms with E-state index in [2.05, 4.69) is 42.8 Å². The Balaban J connectivity index is 1.91. The lowest BCUT2D eigenvalue weighted by Gasteiger charge is -2.36. The summed E-state index contributed by atoms with van der Waals surface area (Å²) in [6, 6.07) is 1.44. The van der Waals surface area contributed by atoms with Gasteiger partial charge in [-0.25, -0.2) is 0 Å². The first-order valence-corrected chi connectivity index (χ1v) is 8.70. The van der Waals surface area contributed by atoms with Gasteiger partial charge in [-0.2, -0.15) is 0 Å². The Morgan fingerprint density at radius 3 is 2.60 bits per heavy atom. The van der Waals surface area contributed by atoms with Gasteiger partial charge in [0.05, 0.1) is 0 Å². The molecule has 0 aromatic carbocycles. The van der Waals surface area contributed by atoms with Crippen LogP contribution in [0.2, 0.25) is 0 Å². The van der Waals surface area contributed by atoms with Crippen molar-refractivity contribution >= 4 is 0 Å². The van der Waals surface area contributed by atoms with Crippen LogP contribution in [-0.4, -0.2) is 61.2 Å². The number of hydrogen-bond donors (Lipinski definition) is 1. The van der Waals surface area contributed by atoms with Gasteiger partial charge in [-0.15, -0.1) is 0 Å². The summed E-state index contributed by atoms with van der Waals surface area (Å²) in [6.07, 6.45) is 5.40. The molecule has 2 saturated heterocycles. The van der Waals surface area contributed by atoms with Gasteiger partial charge in [0.2, 0.25) is 0 Å². The number of nitrogens with one attached hydrogen (secondary N) is 1. The molecule has 0 aromatic heterocycles. The van der Waals surface area contributed by atoms with E-state index in [1.807, 2.05) is 0 Å². The second kappa shape index (κ2) is 7.24. The monoisotopic (exact) mass is 281 g/mol. The van der Waals surface area contributed by atoms with Crippen molar-refractivity contribution in [2.75, 3.05) is 39.3 Å². The lowest BCUT2D eigenvalue weighted by Crippen LogP contribution is -2.50. The Hall–Kier alpha value is -0.120. The maximum Gasteiger partial charge on any atom is 0.0243 e. The highest BCUT2D eigenvalue weighted by Gasteiger charge is 2.31. The Morgan fingerprint density at radius 1 is 1.15 bits per heavy atom. The molecule has 2 fully saturated rings. The summed E-state index contributed by atoms with van der Waals surface area (Å²) in [5.41, 5.74) is 0.344. The zero-order valence-corrected chi connectivity index (χ0v) is 14.1. The van der Waals surface area contributed by atoms with Crippen molar-refractivity contribution < 1.29 is 0 Å². The van der Waals surface area contributed by atoms with Crippen molar-refractivity contribution in [3.8, 4) is 0 Å². The zero-order valence-electron chi connectivity index (χ0n) is 14.1. The van der Waals surface area contributed by atoms with E-state index < -0.39 is 0 Å². The van der Waals surface area contributed by atoms with Crippen molar-refractivity contribution in [2.45, 2.75) is 65.5 Å². The van der Waals surface area contributed by atoms with E-state index in [1.54, 1.807) is 0 Å². The third kappa shape index (κ3) is 4.44. The van der Waals surface area contributed by atoms with Crippen LogP contribution in [0.4, 0.5) is 0 Å². The zero-order chi connectivity index (χ0) is 14.6. The standard InChI is InChI=1S/C17H35N3/c1-5-9-18-16(17(2,3)4)14-19-10-7-12-20-11-6-8-15(20)13-19/h15-16,18H,5-14H2,1-4H3. The van der Waals surface area contributed by atoms with Gasteiger partial charge in [0.25, 0.3) is 0 Å². The van der Waals surface area contributed by atoms with Crippen molar-refractivity contribution in [1.29, 1.82) is 0 Å². The van der Waals surface area contributed by atoms with Crippen LogP contribution in [0, 0.1) is 5.41 Å². The minimum atomic E-state index is 0.344. The molecule has 3 nitrogen and oxygen atoms in total. The van der Waals surface area contributed by atoms with Crippen LogP contribution in [0.3, 0.4) is 0 Å². The van der Waals surface area contributed by atoms with E-state index >= 15 is 0 Å². The molecule has 2 rings (SSSR count). The number of nitrogens with zero attached hydrogens (tertiary/aromatic N) is 2. The topological polar surface area (TPSA) is 18.5 Å². The van der Waals surface area contributed by atoms with Crippen molar-refractivity contribution in [3.05, 3.63) is 0 Å². The van der Waals surface area contributed by atoms with Crippen LogP contribution in [0.15, 0.2) is 0 Å². The van der Waals surface area contributed by atoms with Crippen LogP contribution in [0.5, 0.6) is 0 Å². The summed E-state index contributed by atoms with van der Waals surface area (Å²) in [7, 11) is 0. The molecule has 2 unspecified atom stereocenters. The van der Waals surface area contributed by atoms with Gasteiger partial charge in [0.1, 0.15) is 0 Å². The molecule has 2 aliphatic rings. The maximum absolute atomic E-state index is 3.78. The number of fused-ring (bicyclic) bond motifs is 1. The molecule has 2 aliphatic heterocycles. The SMILES string of the molecule is CCCNC(CN1CCCN2CCCC2C1)C(C)(C)C. The van der Waals surface area contributed by atoms with Gasteiger partial charge in [-0.05, 0) is 57.3 Å². The summed E-state index contributed by atoms with van der Waals surface area (Å²) >= 11 is 0. The fourth-order valence-electron chi connectivity index (χ4n) is 3.67. The molecule has 0 spiro atoms. The van der Waals surface area contributed by atoms with Gasteiger partial charge >= 0.3 is 0 Å². The quantitative estimate of drug-likeness (QED) is 0.835. The third-order valence-electron chi connectivity index (χ3n) is 5.01. The van der Waals surface area contributed by atoms with E-state index in [-0.39, 0.29) is 0 Å². The van der Waals surface area contributed by atoms with Crippen molar-refractivity contribution in [3.63, 3.8) is 0 Å². The summed E-state index contributed by atoms with van der Waals surface area (Å²) in [6.45, 7) is 17.0. The lowest BCUT2D eigenvalue weighted by molar-refractivity contribution is 0.160.